The molecule has 0 aliphatic carbocycles. The van der Waals surface area contributed by atoms with E-state index in [2.05, 4.69) is 26.6 Å². The van der Waals surface area contributed by atoms with Gasteiger partial charge in [-0.1, -0.05) is 0 Å². The van der Waals surface area contributed by atoms with Gasteiger partial charge in [-0.15, -0.1) is 0 Å². The Labute approximate surface area is 96.0 Å². The van der Waals surface area contributed by atoms with Gasteiger partial charge in [-0.25, -0.2) is 4.39 Å². The lowest BCUT2D eigenvalue weighted by Gasteiger charge is -2.10. The van der Waals surface area contributed by atoms with Crippen LogP contribution in [0.3, 0.4) is 0 Å². The van der Waals surface area contributed by atoms with Gasteiger partial charge in [0.2, 0.25) is 0 Å². The highest BCUT2D eigenvalue weighted by Gasteiger charge is 2.02. The summed E-state index contributed by atoms with van der Waals surface area (Å²) < 4.78 is 13.4. The Kier molecular flexibility index (Phi) is 4.28. The van der Waals surface area contributed by atoms with Crippen molar-refractivity contribution in [2.75, 3.05) is 11.9 Å². The lowest BCUT2D eigenvalue weighted by molar-refractivity contribution is 0.627. The number of anilines is 1. The summed E-state index contributed by atoms with van der Waals surface area (Å²) in [5.41, 5.74) is 0.748. The number of nitrogens with one attached hydrogen (secondary N) is 2. The highest BCUT2D eigenvalue weighted by atomic mass is 79.9. The van der Waals surface area contributed by atoms with Gasteiger partial charge in [0.15, 0.2) is 5.11 Å². The van der Waals surface area contributed by atoms with Gasteiger partial charge in [-0.3, -0.25) is 0 Å². The topological polar surface area (TPSA) is 24.1 Å². The van der Waals surface area contributed by atoms with Crippen LogP contribution in [0.5, 0.6) is 0 Å². The van der Waals surface area contributed by atoms with Crippen molar-refractivity contribution >= 4 is 38.9 Å². The Bertz CT molecular complexity index is 344. The lowest BCUT2D eigenvalue weighted by atomic mass is 10.3. The lowest BCUT2D eigenvalue weighted by Crippen LogP contribution is -2.28. The molecule has 0 fully saturated rings. The third kappa shape index (κ3) is 3.23. The molecule has 5 heteroatoms. The highest BCUT2D eigenvalue weighted by Crippen LogP contribution is 2.22. The van der Waals surface area contributed by atoms with Crippen LogP contribution in [0, 0.1) is 5.82 Å². The Morgan fingerprint density at radius 1 is 1.57 bits per heavy atom. The minimum Gasteiger partial charge on any atom is -0.363 e. The van der Waals surface area contributed by atoms with Gasteiger partial charge in [0.25, 0.3) is 0 Å². The van der Waals surface area contributed by atoms with Gasteiger partial charge < -0.3 is 10.6 Å². The van der Waals surface area contributed by atoms with Crippen LogP contribution < -0.4 is 10.6 Å². The average molecular weight is 277 g/mol. The summed E-state index contributed by atoms with van der Waals surface area (Å²) in [5, 5.41) is 6.41. The summed E-state index contributed by atoms with van der Waals surface area (Å²) in [4.78, 5) is 0. The van der Waals surface area contributed by atoms with E-state index in [9.17, 15) is 4.39 Å². The van der Waals surface area contributed by atoms with Crippen molar-refractivity contribution in [3.05, 3.63) is 28.5 Å². The molecule has 0 bridgehead atoms. The predicted molar refractivity (Wildman–Crippen MR) is 64.0 cm³/mol. The zero-order valence-electron chi connectivity index (χ0n) is 7.60. The fourth-order valence-corrected chi connectivity index (χ4v) is 1.62. The van der Waals surface area contributed by atoms with E-state index in [1.165, 1.54) is 12.1 Å². The molecule has 0 radical (unpaired) electrons. The normalized spacial score (nSPS) is 9.64. The molecule has 2 nitrogen and oxygen atoms in total. The number of halogens is 2. The van der Waals surface area contributed by atoms with E-state index in [0.29, 0.717) is 9.59 Å². The van der Waals surface area contributed by atoms with Crippen molar-refractivity contribution in [1.82, 2.24) is 5.32 Å². The molecular formula is C9H10BrFN2S. The van der Waals surface area contributed by atoms with Crippen LogP contribution in [0.25, 0.3) is 0 Å². The van der Waals surface area contributed by atoms with E-state index in [-0.39, 0.29) is 5.82 Å². The van der Waals surface area contributed by atoms with Crippen molar-refractivity contribution in [3.8, 4) is 0 Å². The fourth-order valence-electron chi connectivity index (χ4n) is 0.918. The second-order valence-electron chi connectivity index (χ2n) is 2.61. The molecule has 0 heterocycles. The zero-order chi connectivity index (χ0) is 10.6. The summed E-state index contributed by atoms with van der Waals surface area (Å²) in [6, 6.07) is 4.39. The van der Waals surface area contributed by atoms with Crippen molar-refractivity contribution < 1.29 is 4.39 Å². The van der Waals surface area contributed by atoms with Gasteiger partial charge in [0, 0.05) is 11.0 Å². The first-order chi connectivity index (χ1) is 6.63. The number of rotatable bonds is 2. The van der Waals surface area contributed by atoms with E-state index >= 15 is 0 Å². The summed E-state index contributed by atoms with van der Waals surface area (Å²) >= 11 is 8.23. The van der Waals surface area contributed by atoms with Crippen LogP contribution in [0.2, 0.25) is 0 Å². The number of benzene rings is 1. The minimum atomic E-state index is -0.281. The quantitative estimate of drug-likeness (QED) is 0.813. The molecule has 0 saturated heterocycles. The SMILES string of the molecule is CCNC(=S)Nc1ccc(F)cc1Br. The molecule has 0 aliphatic heterocycles. The Hall–Kier alpha value is -0.680. The molecule has 0 atom stereocenters. The van der Waals surface area contributed by atoms with Gasteiger partial charge >= 0.3 is 0 Å². The summed E-state index contributed by atoms with van der Waals surface area (Å²) in [6.45, 7) is 2.71. The van der Waals surface area contributed by atoms with Crippen LogP contribution >= 0.6 is 28.1 Å². The third-order valence-electron chi connectivity index (χ3n) is 1.52. The molecule has 0 unspecified atom stereocenters. The summed E-state index contributed by atoms with van der Waals surface area (Å²) in [6.07, 6.45) is 0. The number of hydrogen-bond donors (Lipinski definition) is 2. The third-order valence-corrected chi connectivity index (χ3v) is 2.42. The van der Waals surface area contributed by atoms with Gasteiger partial charge in [0.05, 0.1) is 5.69 Å². The first kappa shape index (κ1) is 11.4. The standard InChI is InChI=1S/C9H10BrFN2S/c1-2-12-9(14)13-8-4-3-6(11)5-7(8)10/h3-5H,2H2,1H3,(H2,12,13,14). The molecule has 14 heavy (non-hydrogen) atoms. The molecule has 0 saturated carbocycles. The molecule has 1 rings (SSSR count). The smallest absolute Gasteiger partial charge is 0.170 e. The molecule has 0 spiro atoms. The van der Waals surface area contributed by atoms with Gasteiger partial charge in [-0.2, -0.15) is 0 Å². The predicted octanol–water partition coefficient (Wildman–Crippen LogP) is 2.89. The Morgan fingerprint density at radius 3 is 2.86 bits per heavy atom. The van der Waals surface area contributed by atoms with E-state index < -0.39 is 0 Å². The van der Waals surface area contributed by atoms with Crippen LogP contribution in [-0.4, -0.2) is 11.7 Å². The van der Waals surface area contributed by atoms with E-state index in [4.69, 9.17) is 12.2 Å². The first-order valence-corrected chi connectivity index (χ1v) is 5.33. The Balaban J connectivity index is 2.72. The second kappa shape index (κ2) is 5.26. The second-order valence-corrected chi connectivity index (χ2v) is 3.87. The maximum Gasteiger partial charge on any atom is 0.170 e. The molecule has 76 valence electrons. The minimum absolute atomic E-state index is 0.281. The zero-order valence-corrected chi connectivity index (χ0v) is 10.0. The Morgan fingerprint density at radius 2 is 2.29 bits per heavy atom. The summed E-state index contributed by atoms with van der Waals surface area (Å²) in [7, 11) is 0. The molecule has 0 aromatic heterocycles. The van der Waals surface area contributed by atoms with E-state index in [0.717, 1.165) is 12.2 Å². The van der Waals surface area contributed by atoms with Crippen LogP contribution in [0.15, 0.2) is 22.7 Å². The van der Waals surface area contributed by atoms with Crippen LogP contribution in [0.1, 0.15) is 6.92 Å². The first-order valence-electron chi connectivity index (χ1n) is 4.13. The highest BCUT2D eigenvalue weighted by molar-refractivity contribution is 9.10. The van der Waals surface area contributed by atoms with Crippen LogP contribution in [-0.2, 0) is 0 Å². The fraction of sp³-hybridized carbons (Fsp3) is 0.222. The van der Waals surface area contributed by atoms with E-state index in [1.807, 2.05) is 6.92 Å². The van der Waals surface area contributed by atoms with Crippen molar-refractivity contribution in [1.29, 1.82) is 0 Å². The molecule has 1 aromatic carbocycles. The average Bonchev–Trinajstić information content (AvgIpc) is 2.10. The monoisotopic (exact) mass is 276 g/mol. The van der Waals surface area contributed by atoms with Gasteiger partial charge in [-0.05, 0) is 53.3 Å². The van der Waals surface area contributed by atoms with E-state index in [1.54, 1.807) is 6.07 Å². The van der Waals surface area contributed by atoms with Crippen LogP contribution in [0.4, 0.5) is 10.1 Å². The molecule has 1 aromatic rings. The maximum absolute atomic E-state index is 12.7. The largest absolute Gasteiger partial charge is 0.363 e. The maximum atomic E-state index is 12.7. The summed E-state index contributed by atoms with van der Waals surface area (Å²) in [5.74, 6) is -0.281. The molecule has 0 amide bonds. The molecule has 0 aliphatic rings. The number of thiocarbonyl (C=S) groups is 1. The van der Waals surface area contributed by atoms with Crippen molar-refractivity contribution in [2.45, 2.75) is 6.92 Å². The molecule has 2 N–H and O–H groups in total. The molecular weight excluding hydrogens is 267 g/mol. The van der Waals surface area contributed by atoms with Gasteiger partial charge in [0.1, 0.15) is 5.82 Å². The van der Waals surface area contributed by atoms with Crippen molar-refractivity contribution in [2.24, 2.45) is 0 Å². The van der Waals surface area contributed by atoms with Crippen molar-refractivity contribution in [3.63, 3.8) is 0 Å². The number of hydrogen-bond acceptors (Lipinski definition) is 1.